The number of benzene rings is 2. The Morgan fingerprint density at radius 1 is 1.14 bits per heavy atom. The molecule has 0 radical (unpaired) electrons. The minimum atomic E-state index is 0.0889. The lowest BCUT2D eigenvalue weighted by molar-refractivity contribution is 0.424. The summed E-state index contributed by atoms with van der Waals surface area (Å²) in [7, 11) is 0. The van der Waals surface area contributed by atoms with Crippen LogP contribution in [0, 0.1) is 0 Å². The lowest BCUT2D eigenvalue weighted by Crippen LogP contribution is -2.35. The molecule has 0 atom stereocenters. The predicted molar refractivity (Wildman–Crippen MR) is 96.3 cm³/mol. The largest absolute Gasteiger partial charge is 0.308 e. The van der Waals surface area contributed by atoms with Gasteiger partial charge in [-0.25, -0.2) is 0 Å². The Hall–Kier alpha value is -0.480. The van der Waals surface area contributed by atoms with Crippen molar-refractivity contribution in [2.24, 2.45) is 0 Å². The van der Waals surface area contributed by atoms with Crippen molar-refractivity contribution < 1.29 is 0 Å². The third-order valence-electron chi connectivity index (χ3n) is 2.90. The highest BCUT2D eigenvalue weighted by Crippen LogP contribution is 2.35. The van der Waals surface area contributed by atoms with Crippen molar-refractivity contribution in [1.29, 1.82) is 0 Å². The number of hydrogen-bond donors (Lipinski definition) is 1. The molecule has 0 heterocycles. The van der Waals surface area contributed by atoms with Gasteiger partial charge in [-0.05, 0) is 66.5 Å². The predicted octanol–water partition coefficient (Wildman–Crippen LogP) is 6.14. The molecule has 0 fully saturated rings. The molecule has 1 N–H and O–H groups in total. The van der Waals surface area contributed by atoms with E-state index in [9.17, 15) is 0 Å². The maximum Gasteiger partial charge on any atom is 0.0462 e. The molecule has 4 heteroatoms. The van der Waals surface area contributed by atoms with E-state index < -0.39 is 0 Å². The van der Waals surface area contributed by atoms with E-state index in [0.717, 1.165) is 26.5 Å². The molecular weight excluding hydrogens is 366 g/mol. The quantitative estimate of drug-likeness (QED) is 0.679. The van der Waals surface area contributed by atoms with Crippen molar-refractivity contribution in [3.8, 4) is 0 Å². The van der Waals surface area contributed by atoms with Crippen LogP contribution in [0.1, 0.15) is 26.3 Å². The van der Waals surface area contributed by atoms with Crippen LogP contribution in [0.5, 0.6) is 0 Å². The highest BCUT2D eigenvalue weighted by molar-refractivity contribution is 9.10. The van der Waals surface area contributed by atoms with Crippen molar-refractivity contribution in [1.82, 2.24) is 5.32 Å². The second kappa shape index (κ2) is 7.19. The summed E-state index contributed by atoms with van der Waals surface area (Å²) in [4.78, 5) is 2.33. The van der Waals surface area contributed by atoms with Gasteiger partial charge in [0.1, 0.15) is 0 Å². The highest BCUT2D eigenvalue weighted by atomic mass is 79.9. The zero-order valence-corrected chi connectivity index (χ0v) is 15.6. The van der Waals surface area contributed by atoms with Crippen LogP contribution in [0.2, 0.25) is 5.02 Å². The fourth-order valence-corrected chi connectivity index (χ4v) is 3.47. The van der Waals surface area contributed by atoms with Crippen LogP contribution in [-0.4, -0.2) is 5.54 Å². The third-order valence-corrected chi connectivity index (χ3v) is 5.27. The minimum Gasteiger partial charge on any atom is -0.308 e. The molecule has 21 heavy (non-hydrogen) atoms. The van der Waals surface area contributed by atoms with Gasteiger partial charge in [-0.2, -0.15) is 0 Å². The van der Waals surface area contributed by atoms with Gasteiger partial charge in [-0.3, -0.25) is 0 Å². The first kappa shape index (κ1) is 16.9. The summed E-state index contributed by atoms with van der Waals surface area (Å²) in [6, 6.07) is 14.4. The summed E-state index contributed by atoms with van der Waals surface area (Å²) in [5, 5.41) is 4.27. The molecular formula is C17H19BrClNS. The van der Waals surface area contributed by atoms with E-state index in [0.29, 0.717) is 0 Å². The van der Waals surface area contributed by atoms with Gasteiger partial charge >= 0.3 is 0 Å². The molecule has 2 rings (SSSR count). The van der Waals surface area contributed by atoms with E-state index >= 15 is 0 Å². The molecule has 112 valence electrons. The van der Waals surface area contributed by atoms with E-state index in [-0.39, 0.29) is 5.54 Å². The molecule has 2 aromatic carbocycles. The standard InChI is InChI=1S/C17H19BrClNS/c1-17(2,3)20-11-12-8-9-13(10-15(12)19)21-16-7-5-4-6-14(16)18/h4-10,20H,11H2,1-3H3. The topological polar surface area (TPSA) is 12.0 Å². The SMILES string of the molecule is CC(C)(C)NCc1ccc(Sc2ccccc2Br)cc1Cl. The van der Waals surface area contributed by atoms with Crippen LogP contribution in [0.4, 0.5) is 0 Å². The average Bonchev–Trinajstić information content (AvgIpc) is 2.39. The average molecular weight is 385 g/mol. The van der Waals surface area contributed by atoms with Gasteiger partial charge < -0.3 is 5.32 Å². The molecule has 2 aromatic rings. The van der Waals surface area contributed by atoms with Crippen LogP contribution in [-0.2, 0) is 6.54 Å². The van der Waals surface area contributed by atoms with Crippen LogP contribution >= 0.6 is 39.3 Å². The van der Waals surface area contributed by atoms with Gasteiger partial charge in [0.15, 0.2) is 0 Å². The first-order valence-electron chi connectivity index (χ1n) is 6.81. The molecule has 1 nitrogen and oxygen atoms in total. The van der Waals surface area contributed by atoms with Crippen molar-refractivity contribution >= 4 is 39.3 Å². The van der Waals surface area contributed by atoms with Crippen molar-refractivity contribution in [3.63, 3.8) is 0 Å². The zero-order valence-electron chi connectivity index (χ0n) is 12.4. The fourth-order valence-electron chi connectivity index (χ4n) is 1.75. The second-order valence-electron chi connectivity index (χ2n) is 5.89. The molecule has 0 aliphatic carbocycles. The van der Waals surface area contributed by atoms with Crippen molar-refractivity contribution in [2.45, 2.75) is 42.6 Å². The third kappa shape index (κ3) is 5.33. The minimum absolute atomic E-state index is 0.0889. The molecule has 0 spiro atoms. The number of hydrogen-bond acceptors (Lipinski definition) is 2. The van der Waals surface area contributed by atoms with Crippen LogP contribution in [0.15, 0.2) is 56.7 Å². The molecule has 0 saturated heterocycles. The molecule has 0 bridgehead atoms. The summed E-state index contributed by atoms with van der Waals surface area (Å²) in [6.45, 7) is 7.23. The summed E-state index contributed by atoms with van der Waals surface area (Å²) in [6.07, 6.45) is 0. The smallest absolute Gasteiger partial charge is 0.0462 e. The fraction of sp³-hybridized carbons (Fsp3) is 0.294. The summed E-state index contributed by atoms with van der Waals surface area (Å²) in [5.41, 5.74) is 1.22. The van der Waals surface area contributed by atoms with E-state index in [1.54, 1.807) is 11.8 Å². The van der Waals surface area contributed by atoms with Gasteiger partial charge in [0, 0.05) is 31.4 Å². The van der Waals surface area contributed by atoms with Crippen LogP contribution in [0.3, 0.4) is 0 Å². The maximum absolute atomic E-state index is 6.40. The van der Waals surface area contributed by atoms with Gasteiger partial charge in [0.2, 0.25) is 0 Å². The number of halogens is 2. The van der Waals surface area contributed by atoms with Gasteiger partial charge in [0.05, 0.1) is 0 Å². The summed E-state index contributed by atoms with van der Waals surface area (Å²) >= 11 is 11.7. The molecule has 0 aromatic heterocycles. The Kier molecular flexibility index (Phi) is 5.78. The van der Waals surface area contributed by atoms with E-state index in [1.165, 1.54) is 4.90 Å². The van der Waals surface area contributed by atoms with E-state index in [4.69, 9.17) is 11.6 Å². The lowest BCUT2D eigenvalue weighted by Gasteiger charge is -2.21. The van der Waals surface area contributed by atoms with Crippen LogP contribution in [0.25, 0.3) is 0 Å². The summed E-state index contributed by atoms with van der Waals surface area (Å²) < 4.78 is 1.10. The van der Waals surface area contributed by atoms with Gasteiger partial charge in [-0.15, -0.1) is 0 Å². The Labute approximate surface area is 144 Å². The van der Waals surface area contributed by atoms with Gasteiger partial charge in [0.25, 0.3) is 0 Å². The Morgan fingerprint density at radius 2 is 1.86 bits per heavy atom. The maximum atomic E-state index is 6.40. The second-order valence-corrected chi connectivity index (χ2v) is 8.27. The van der Waals surface area contributed by atoms with Gasteiger partial charge in [-0.1, -0.05) is 41.6 Å². The Balaban J connectivity index is 2.10. The molecule has 0 amide bonds. The first-order chi connectivity index (χ1) is 9.85. The van der Waals surface area contributed by atoms with Crippen LogP contribution < -0.4 is 5.32 Å². The Morgan fingerprint density at radius 3 is 2.48 bits per heavy atom. The van der Waals surface area contributed by atoms with Crippen molar-refractivity contribution in [2.75, 3.05) is 0 Å². The Bertz CT molecular complexity index is 622. The molecule has 0 aliphatic rings. The lowest BCUT2D eigenvalue weighted by atomic mass is 10.1. The normalized spacial score (nSPS) is 11.7. The summed E-state index contributed by atoms with van der Waals surface area (Å²) in [5.74, 6) is 0. The molecule has 0 aliphatic heterocycles. The zero-order chi connectivity index (χ0) is 15.5. The van der Waals surface area contributed by atoms with E-state index in [2.05, 4.69) is 60.2 Å². The van der Waals surface area contributed by atoms with Crippen molar-refractivity contribution in [3.05, 3.63) is 57.5 Å². The molecule has 0 unspecified atom stereocenters. The molecule has 0 saturated carbocycles. The first-order valence-corrected chi connectivity index (χ1v) is 8.80. The highest BCUT2D eigenvalue weighted by Gasteiger charge is 2.10. The van der Waals surface area contributed by atoms with E-state index in [1.807, 2.05) is 24.3 Å². The number of rotatable bonds is 4. The number of nitrogens with one attached hydrogen (secondary N) is 1. The monoisotopic (exact) mass is 383 g/mol.